The lowest BCUT2D eigenvalue weighted by atomic mass is 10.1. The minimum absolute atomic E-state index is 0.0586. The Kier molecular flexibility index (Phi) is 3.35. The zero-order valence-electron chi connectivity index (χ0n) is 10.6. The summed E-state index contributed by atoms with van der Waals surface area (Å²) in [5.74, 6) is -1.79. The fourth-order valence-corrected chi connectivity index (χ4v) is 2.00. The van der Waals surface area contributed by atoms with Gasteiger partial charge in [0.15, 0.2) is 0 Å². The summed E-state index contributed by atoms with van der Waals surface area (Å²) in [5, 5.41) is 0. The van der Waals surface area contributed by atoms with Crippen molar-refractivity contribution in [3.63, 3.8) is 0 Å². The monoisotopic (exact) mass is 261 g/mol. The molecule has 19 heavy (non-hydrogen) atoms. The lowest BCUT2D eigenvalue weighted by Gasteiger charge is -2.12. The van der Waals surface area contributed by atoms with Crippen molar-refractivity contribution in [3.8, 4) is 0 Å². The van der Waals surface area contributed by atoms with Crippen LogP contribution < -0.4 is 11.5 Å². The molecule has 0 bridgehead atoms. The van der Waals surface area contributed by atoms with Crippen LogP contribution in [0.1, 0.15) is 40.5 Å². The number of fused-ring (bicyclic) bond motifs is 1. The molecule has 1 aromatic carbocycles. The molecule has 6 nitrogen and oxygen atoms in total. The zero-order valence-corrected chi connectivity index (χ0v) is 10.6. The van der Waals surface area contributed by atoms with Crippen LogP contribution in [-0.4, -0.2) is 28.7 Å². The third kappa shape index (κ3) is 2.22. The van der Waals surface area contributed by atoms with E-state index in [1.54, 1.807) is 13.0 Å². The number of nitrogens with two attached hydrogens (primary N) is 2. The third-order valence-corrected chi connectivity index (χ3v) is 3.01. The lowest BCUT2D eigenvalue weighted by molar-refractivity contribution is -0.126. The van der Waals surface area contributed by atoms with Crippen molar-refractivity contribution in [2.45, 2.75) is 25.8 Å². The third-order valence-electron chi connectivity index (χ3n) is 3.01. The van der Waals surface area contributed by atoms with Crippen LogP contribution in [0.25, 0.3) is 0 Å². The first-order valence-corrected chi connectivity index (χ1v) is 5.99. The molecule has 0 saturated heterocycles. The fraction of sp³-hybridized carbons (Fsp3) is 0.308. The van der Waals surface area contributed by atoms with E-state index in [1.165, 1.54) is 12.1 Å². The molecule has 0 radical (unpaired) electrons. The highest BCUT2D eigenvalue weighted by Crippen LogP contribution is 2.28. The molecule has 1 aromatic rings. The molecule has 0 aliphatic carbocycles. The van der Waals surface area contributed by atoms with Gasteiger partial charge in [0.05, 0.1) is 11.1 Å². The number of carbonyl (C=O) groups excluding carboxylic acids is 3. The Bertz CT molecular complexity index is 566. The van der Waals surface area contributed by atoms with Crippen molar-refractivity contribution in [1.29, 1.82) is 0 Å². The molecule has 1 aliphatic rings. The largest absolute Gasteiger partial charge is 0.398 e. The number of imide groups is 3. The summed E-state index contributed by atoms with van der Waals surface area (Å²) in [7, 11) is 0. The van der Waals surface area contributed by atoms with E-state index in [9.17, 15) is 14.4 Å². The highest BCUT2D eigenvalue weighted by molar-refractivity contribution is 6.30. The Morgan fingerprint density at radius 2 is 2.00 bits per heavy atom. The van der Waals surface area contributed by atoms with E-state index in [4.69, 9.17) is 11.5 Å². The minimum Gasteiger partial charge on any atom is -0.398 e. The highest BCUT2D eigenvalue weighted by Gasteiger charge is 2.40. The van der Waals surface area contributed by atoms with E-state index in [2.05, 4.69) is 0 Å². The Morgan fingerprint density at radius 1 is 1.32 bits per heavy atom. The molecule has 0 spiro atoms. The molecule has 0 fully saturated rings. The second-order valence-corrected chi connectivity index (χ2v) is 4.63. The SMILES string of the molecule is CC(N)CCC(=O)N1C(=O)c2cccc(N)c2C1=O. The van der Waals surface area contributed by atoms with Crippen molar-refractivity contribution in [2.24, 2.45) is 5.73 Å². The first-order chi connectivity index (χ1) is 8.93. The molecular weight excluding hydrogens is 246 g/mol. The van der Waals surface area contributed by atoms with Crippen LogP contribution >= 0.6 is 0 Å². The maximum absolute atomic E-state index is 12.1. The number of carbonyl (C=O) groups is 3. The second-order valence-electron chi connectivity index (χ2n) is 4.63. The van der Waals surface area contributed by atoms with Crippen LogP contribution in [0.2, 0.25) is 0 Å². The summed E-state index contributed by atoms with van der Waals surface area (Å²) in [5.41, 5.74) is 11.7. The molecule has 2 rings (SSSR count). The molecule has 0 aromatic heterocycles. The summed E-state index contributed by atoms with van der Waals surface area (Å²) in [6, 6.07) is 4.43. The highest BCUT2D eigenvalue weighted by atomic mass is 16.2. The van der Waals surface area contributed by atoms with Crippen molar-refractivity contribution in [2.75, 3.05) is 5.73 Å². The number of amides is 3. The van der Waals surface area contributed by atoms with Crippen LogP contribution in [-0.2, 0) is 4.79 Å². The first-order valence-electron chi connectivity index (χ1n) is 5.99. The number of anilines is 1. The van der Waals surface area contributed by atoms with Crippen molar-refractivity contribution in [1.82, 2.24) is 4.90 Å². The van der Waals surface area contributed by atoms with Crippen molar-refractivity contribution >= 4 is 23.4 Å². The van der Waals surface area contributed by atoms with Gasteiger partial charge in [-0.25, -0.2) is 4.90 Å². The Morgan fingerprint density at radius 3 is 2.58 bits per heavy atom. The van der Waals surface area contributed by atoms with Gasteiger partial charge < -0.3 is 11.5 Å². The first kappa shape index (κ1) is 13.2. The van der Waals surface area contributed by atoms with Crippen LogP contribution in [0, 0.1) is 0 Å². The quantitative estimate of drug-likeness (QED) is 0.609. The van der Waals surface area contributed by atoms with Gasteiger partial charge in [-0.15, -0.1) is 0 Å². The van der Waals surface area contributed by atoms with Crippen molar-refractivity contribution in [3.05, 3.63) is 29.3 Å². The van der Waals surface area contributed by atoms with Crippen LogP contribution in [0.5, 0.6) is 0 Å². The van der Waals surface area contributed by atoms with E-state index < -0.39 is 17.7 Å². The topological polar surface area (TPSA) is 106 Å². The van der Waals surface area contributed by atoms with Crippen molar-refractivity contribution < 1.29 is 14.4 Å². The van der Waals surface area contributed by atoms with Gasteiger partial charge in [-0.3, -0.25) is 14.4 Å². The second kappa shape index (κ2) is 4.81. The van der Waals surface area contributed by atoms with E-state index in [0.29, 0.717) is 11.3 Å². The molecular formula is C13H15N3O3. The lowest BCUT2D eigenvalue weighted by Crippen LogP contribution is -2.36. The number of nitrogen functional groups attached to an aromatic ring is 1. The minimum atomic E-state index is -0.646. The standard InChI is InChI=1S/C13H15N3O3/c1-7(14)5-6-10(17)16-12(18)8-3-2-4-9(15)11(8)13(16)19/h2-4,7H,5-6,14-15H2,1H3. The Hall–Kier alpha value is -2.21. The summed E-state index contributed by atoms with van der Waals surface area (Å²) in [6.45, 7) is 1.76. The number of nitrogens with zero attached hydrogens (tertiary/aromatic N) is 1. The van der Waals surface area contributed by atoms with Gasteiger partial charge in [0.25, 0.3) is 11.8 Å². The molecule has 100 valence electrons. The summed E-state index contributed by atoms with van der Waals surface area (Å²) in [4.78, 5) is 36.7. The van der Waals surface area contributed by atoms with Gasteiger partial charge in [0.1, 0.15) is 0 Å². The average Bonchev–Trinajstić information content (AvgIpc) is 2.60. The van der Waals surface area contributed by atoms with E-state index in [1.807, 2.05) is 0 Å². The van der Waals surface area contributed by atoms with Crippen LogP contribution in [0.15, 0.2) is 18.2 Å². The summed E-state index contributed by atoms with van der Waals surface area (Å²) in [6.07, 6.45) is 0.477. The van der Waals surface area contributed by atoms with Gasteiger partial charge >= 0.3 is 0 Å². The van der Waals surface area contributed by atoms with Crippen LogP contribution in [0.4, 0.5) is 5.69 Å². The van der Waals surface area contributed by atoms with Gasteiger partial charge in [-0.1, -0.05) is 6.07 Å². The molecule has 1 heterocycles. The molecule has 1 unspecified atom stereocenters. The fourth-order valence-electron chi connectivity index (χ4n) is 2.00. The summed E-state index contributed by atoms with van der Waals surface area (Å²) < 4.78 is 0. The summed E-state index contributed by atoms with van der Waals surface area (Å²) >= 11 is 0. The average molecular weight is 261 g/mol. The van der Waals surface area contributed by atoms with E-state index >= 15 is 0 Å². The molecule has 6 heteroatoms. The van der Waals surface area contributed by atoms with Gasteiger partial charge in [-0.2, -0.15) is 0 Å². The number of rotatable bonds is 3. The molecule has 3 amide bonds. The smallest absolute Gasteiger partial charge is 0.270 e. The number of hydrogen-bond donors (Lipinski definition) is 2. The maximum atomic E-state index is 12.1. The molecule has 4 N–H and O–H groups in total. The Labute approximate surface area is 110 Å². The van der Waals surface area contributed by atoms with E-state index in [0.717, 1.165) is 0 Å². The molecule has 0 saturated carbocycles. The predicted molar refractivity (Wildman–Crippen MR) is 69.2 cm³/mol. The number of benzene rings is 1. The molecule has 1 atom stereocenters. The van der Waals surface area contributed by atoms with Crippen LogP contribution in [0.3, 0.4) is 0 Å². The normalized spacial score (nSPS) is 15.6. The molecule has 1 aliphatic heterocycles. The Balaban J connectivity index is 2.28. The van der Waals surface area contributed by atoms with Gasteiger partial charge in [0.2, 0.25) is 5.91 Å². The van der Waals surface area contributed by atoms with Gasteiger partial charge in [0, 0.05) is 18.2 Å². The zero-order chi connectivity index (χ0) is 14.2. The maximum Gasteiger partial charge on any atom is 0.270 e. The van der Waals surface area contributed by atoms with E-state index in [-0.39, 0.29) is 29.3 Å². The predicted octanol–water partition coefficient (Wildman–Crippen LogP) is 0.519. The number of hydrogen-bond acceptors (Lipinski definition) is 5. The van der Waals surface area contributed by atoms with Gasteiger partial charge in [-0.05, 0) is 25.5 Å².